The highest BCUT2D eigenvalue weighted by molar-refractivity contribution is 5.76. The van der Waals surface area contributed by atoms with Gasteiger partial charge in [0.15, 0.2) is 6.29 Å². The Hall–Kier alpha value is -2.12. The molecule has 0 aromatic heterocycles. The molecule has 1 fully saturated rings. The Kier molecular flexibility index (Phi) is 54.7. The first kappa shape index (κ1) is 74.9. The van der Waals surface area contributed by atoms with Gasteiger partial charge in [-0.3, -0.25) is 9.59 Å². The minimum atomic E-state index is -1.57. The normalized spacial score (nSPS) is 18.6. The standard InChI is InChI=1S/C68H127NO10/c1-3-5-7-9-11-13-14-15-29-33-36-40-44-48-52-56-64(73)77-57-53-49-45-41-37-34-31-28-26-24-22-20-18-16-17-19-21-23-25-27-30-32-35-39-43-47-51-55-63(72)69-60(61(71)54-50-46-42-38-12-10-8-6-4-2)59-78-68-67(76)66(75)65(74)62(58-70)79-68/h16-17,20,22,50,54,60-62,65-68,70-71,74-76H,3-15,18-19,21,23-49,51-53,55-59H2,1-2H3,(H,69,72)/b17-16-,22-20-,54-50+. The van der Waals surface area contributed by atoms with E-state index < -0.39 is 49.5 Å². The van der Waals surface area contributed by atoms with Crippen molar-refractivity contribution in [3.63, 3.8) is 0 Å². The molecule has 0 saturated carbocycles. The van der Waals surface area contributed by atoms with E-state index in [1.54, 1.807) is 6.08 Å². The molecule has 79 heavy (non-hydrogen) atoms. The van der Waals surface area contributed by atoms with Crippen molar-refractivity contribution < 1.29 is 49.3 Å². The molecule has 1 saturated heterocycles. The smallest absolute Gasteiger partial charge is 0.305 e. The number of carbonyl (C=O) groups is 2. The fraction of sp³-hybridized carbons (Fsp3) is 0.882. The summed E-state index contributed by atoms with van der Waals surface area (Å²) in [5.74, 6) is -0.182. The minimum absolute atomic E-state index is 0.00407. The third kappa shape index (κ3) is 47.0. The van der Waals surface area contributed by atoms with Crippen LogP contribution in [0.2, 0.25) is 0 Å². The molecule has 0 radical (unpaired) electrons. The summed E-state index contributed by atoms with van der Waals surface area (Å²) >= 11 is 0. The molecule has 0 aliphatic carbocycles. The number of rotatable bonds is 59. The first-order valence-electron chi connectivity index (χ1n) is 33.8. The van der Waals surface area contributed by atoms with Gasteiger partial charge in [-0.15, -0.1) is 0 Å². The van der Waals surface area contributed by atoms with Crippen molar-refractivity contribution >= 4 is 11.9 Å². The number of amides is 1. The predicted octanol–water partition coefficient (Wildman–Crippen LogP) is 16.6. The fourth-order valence-electron chi connectivity index (χ4n) is 10.6. The van der Waals surface area contributed by atoms with Gasteiger partial charge in [0.2, 0.25) is 5.91 Å². The van der Waals surface area contributed by atoms with E-state index in [1.165, 1.54) is 231 Å². The summed E-state index contributed by atoms with van der Waals surface area (Å²) in [6, 6.07) is -0.811. The number of aliphatic hydroxyl groups is 5. The van der Waals surface area contributed by atoms with E-state index in [2.05, 4.69) is 43.5 Å². The van der Waals surface area contributed by atoms with Crippen LogP contribution >= 0.6 is 0 Å². The van der Waals surface area contributed by atoms with Gasteiger partial charge in [0.1, 0.15) is 24.4 Å². The molecule has 11 nitrogen and oxygen atoms in total. The van der Waals surface area contributed by atoms with Crippen molar-refractivity contribution in [2.75, 3.05) is 19.8 Å². The second-order valence-corrected chi connectivity index (χ2v) is 23.5. The summed E-state index contributed by atoms with van der Waals surface area (Å²) in [5.41, 5.74) is 0. The van der Waals surface area contributed by atoms with Crippen LogP contribution in [-0.2, 0) is 23.8 Å². The molecular formula is C68H127NO10. The van der Waals surface area contributed by atoms with E-state index in [4.69, 9.17) is 14.2 Å². The summed E-state index contributed by atoms with van der Waals surface area (Å²) in [6.07, 6.45) is 62.8. The first-order valence-corrected chi connectivity index (χ1v) is 33.8. The van der Waals surface area contributed by atoms with Crippen LogP contribution in [0.25, 0.3) is 0 Å². The highest BCUT2D eigenvalue weighted by Crippen LogP contribution is 2.23. The Morgan fingerprint density at radius 3 is 1.28 bits per heavy atom. The number of carbonyl (C=O) groups excluding carboxylic acids is 2. The third-order valence-electron chi connectivity index (χ3n) is 16.0. The maximum atomic E-state index is 13.0. The third-order valence-corrected chi connectivity index (χ3v) is 16.0. The van der Waals surface area contributed by atoms with Crippen molar-refractivity contribution in [1.82, 2.24) is 5.32 Å². The SMILES string of the molecule is CCCCCCCCC/C=C/C(O)C(COC1OC(CO)C(O)C(O)C1O)NC(=O)CCCCCCCCCCCCC/C=C\C/C=C\CCCCCCCCCCCOC(=O)CCCCCCCCCCCCCCCCC. The summed E-state index contributed by atoms with van der Waals surface area (Å²) in [6.45, 7) is 4.33. The molecule has 11 heteroatoms. The van der Waals surface area contributed by atoms with E-state index in [-0.39, 0.29) is 18.5 Å². The molecule has 1 rings (SSSR count). The molecule has 1 heterocycles. The van der Waals surface area contributed by atoms with Crippen LogP contribution < -0.4 is 5.32 Å². The molecule has 0 bridgehead atoms. The number of ether oxygens (including phenoxy) is 3. The molecule has 6 N–H and O–H groups in total. The number of nitrogens with one attached hydrogen (secondary N) is 1. The number of allylic oxidation sites excluding steroid dienone is 5. The summed E-state index contributed by atoms with van der Waals surface area (Å²) in [5, 5.41) is 54.2. The molecule has 1 amide bonds. The average molecular weight is 1120 g/mol. The topological polar surface area (TPSA) is 175 Å². The molecule has 1 aliphatic rings. The van der Waals surface area contributed by atoms with Gasteiger partial charge in [0.25, 0.3) is 0 Å². The van der Waals surface area contributed by atoms with Crippen LogP contribution in [0.1, 0.15) is 322 Å². The van der Waals surface area contributed by atoms with Gasteiger partial charge in [-0.1, -0.05) is 281 Å². The van der Waals surface area contributed by atoms with Crippen molar-refractivity contribution in [1.29, 1.82) is 0 Å². The average Bonchev–Trinajstić information content (AvgIpc) is 3.46. The first-order chi connectivity index (χ1) is 38.7. The van der Waals surface area contributed by atoms with Crippen molar-refractivity contribution in [3.8, 4) is 0 Å². The van der Waals surface area contributed by atoms with E-state index in [0.29, 0.717) is 19.4 Å². The molecule has 0 aromatic carbocycles. The van der Waals surface area contributed by atoms with Crippen LogP contribution in [0.3, 0.4) is 0 Å². The number of hydrogen-bond acceptors (Lipinski definition) is 10. The van der Waals surface area contributed by atoms with Crippen molar-refractivity contribution in [3.05, 3.63) is 36.5 Å². The lowest BCUT2D eigenvalue weighted by molar-refractivity contribution is -0.302. The van der Waals surface area contributed by atoms with Crippen LogP contribution in [0.4, 0.5) is 0 Å². The molecule has 1 aliphatic heterocycles. The lowest BCUT2D eigenvalue weighted by Gasteiger charge is -2.40. The van der Waals surface area contributed by atoms with E-state index in [0.717, 1.165) is 64.2 Å². The van der Waals surface area contributed by atoms with E-state index in [9.17, 15) is 35.1 Å². The van der Waals surface area contributed by atoms with Crippen molar-refractivity contribution in [2.45, 2.75) is 365 Å². The second kappa shape index (κ2) is 57.7. The Labute approximate surface area is 485 Å². The monoisotopic (exact) mass is 1120 g/mol. The van der Waals surface area contributed by atoms with Crippen LogP contribution in [-0.4, -0.2) is 100 Å². The summed E-state index contributed by atoms with van der Waals surface area (Å²) < 4.78 is 16.7. The second-order valence-electron chi connectivity index (χ2n) is 23.5. The van der Waals surface area contributed by atoms with Gasteiger partial charge < -0.3 is 45.1 Å². The number of hydrogen-bond donors (Lipinski definition) is 6. The van der Waals surface area contributed by atoms with Gasteiger partial charge in [-0.2, -0.15) is 0 Å². The number of unbranched alkanes of at least 4 members (excludes halogenated alkanes) is 41. The molecule has 7 unspecified atom stereocenters. The van der Waals surface area contributed by atoms with Gasteiger partial charge in [0.05, 0.1) is 32.0 Å². The Bertz CT molecular complexity index is 1410. The van der Waals surface area contributed by atoms with Gasteiger partial charge in [0, 0.05) is 12.8 Å². The molecule has 464 valence electrons. The minimum Gasteiger partial charge on any atom is -0.466 e. The maximum Gasteiger partial charge on any atom is 0.305 e. The maximum absolute atomic E-state index is 13.0. The number of esters is 1. The van der Waals surface area contributed by atoms with Crippen LogP contribution in [0.15, 0.2) is 36.5 Å². The lowest BCUT2D eigenvalue weighted by atomic mass is 9.99. The van der Waals surface area contributed by atoms with Gasteiger partial charge in [-0.25, -0.2) is 0 Å². The summed E-state index contributed by atoms with van der Waals surface area (Å²) in [4.78, 5) is 25.1. The number of aliphatic hydroxyl groups excluding tert-OH is 5. The highest BCUT2D eigenvalue weighted by atomic mass is 16.7. The Morgan fingerprint density at radius 1 is 0.468 bits per heavy atom. The zero-order chi connectivity index (χ0) is 57.3. The van der Waals surface area contributed by atoms with Crippen LogP contribution in [0, 0.1) is 0 Å². The van der Waals surface area contributed by atoms with Crippen LogP contribution in [0.5, 0.6) is 0 Å². The predicted molar refractivity (Wildman–Crippen MR) is 329 cm³/mol. The van der Waals surface area contributed by atoms with E-state index in [1.807, 2.05) is 6.08 Å². The molecular weight excluding hydrogens is 991 g/mol. The zero-order valence-electron chi connectivity index (χ0n) is 51.3. The largest absolute Gasteiger partial charge is 0.466 e. The fourth-order valence-corrected chi connectivity index (χ4v) is 10.6. The highest BCUT2D eigenvalue weighted by Gasteiger charge is 2.44. The Morgan fingerprint density at radius 2 is 0.848 bits per heavy atom. The molecule has 0 aromatic rings. The Balaban J connectivity index is 1.96. The summed E-state index contributed by atoms with van der Waals surface area (Å²) in [7, 11) is 0. The van der Waals surface area contributed by atoms with Gasteiger partial charge in [-0.05, 0) is 64.2 Å². The lowest BCUT2D eigenvalue weighted by Crippen LogP contribution is -2.60. The van der Waals surface area contributed by atoms with Gasteiger partial charge >= 0.3 is 5.97 Å². The quantitative estimate of drug-likeness (QED) is 0.0195. The molecule has 0 spiro atoms. The zero-order valence-corrected chi connectivity index (χ0v) is 51.3. The van der Waals surface area contributed by atoms with E-state index >= 15 is 0 Å². The van der Waals surface area contributed by atoms with Crippen molar-refractivity contribution in [2.24, 2.45) is 0 Å². The molecule has 7 atom stereocenters.